The van der Waals surface area contributed by atoms with Crippen LogP contribution in [0.15, 0.2) is 18.2 Å². The number of hydrogen-bond donors (Lipinski definition) is 0. The van der Waals surface area contributed by atoms with Crippen molar-refractivity contribution < 1.29 is 19.0 Å². The van der Waals surface area contributed by atoms with Gasteiger partial charge >= 0.3 is 5.97 Å². The number of carbonyl (C=O) groups excluding carboxylic acids is 1. The van der Waals surface area contributed by atoms with Gasteiger partial charge in [0, 0.05) is 12.2 Å². The number of hydrogen-bond acceptors (Lipinski definition) is 7. The molecule has 1 aromatic carbocycles. The third-order valence-corrected chi connectivity index (χ3v) is 4.48. The molecule has 0 N–H and O–H groups in total. The number of nitrogens with zero attached hydrogens (tertiary/aromatic N) is 2. The van der Waals surface area contributed by atoms with E-state index in [1.54, 1.807) is 26.0 Å². The van der Waals surface area contributed by atoms with Gasteiger partial charge in [-0.3, -0.25) is 0 Å². The molecule has 25 heavy (non-hydrogen) atoms. The molecule has 0 saturated heterocycles. The molecule has 0 bridgehead atoms. The highest BCUT2D eigenvalue weighted by Crippen LogP contribution is 2.31. The summed E-state index contributed by atoms with van der Waals surface area (Å²) in [6, 6.07) is 7.40. The summed E-state index contributed by atoms with van der Waals surface area (Å²) in [5.41, 5.74) is 1.80. The Bertz CT molecular complexity index is 780. The smallest absolute Gasteiger partial charge is 0.350 e. The van der Waals surface area contributed by atoms with Gasteiger partial charge in [-0.1, -0.05) is 0 Å². The highest BCUT2D eigenvalue weighted by molar-refractivity contribution is 7.17. The minimum absolute atomic E-state index is 0.317. The van der Waals surface area contributed by atoms with Gasteiger partial charge in [0.05, 0.1) is 24.5 Å². The van der Waals surface area contributed by atoms with Crippen LogP contribution in [-0.4, -0.2) is 37.4 Å². The Labute approximate surface area is 151 Å². The van der Waals surface area contributed by atoms with Gasteiger partial charge in [-0.05, 0) is 39.0 Å². The number of esters is 1. The molecule has 2 rings (SSSR count). The predicted molar refractivity (Wildman–Crippen MR) is 94.9 cm³/mol. The van der Waals surface area contributed by atoms with E-state index in [4.69, 9.17) is 14.2 Å². The van der Waals surface area contributed by atoms with Crippen molar-refractivity contribution >= 4 is 17.3 Å². The summed E-state index contributed by atoms with van der Waals surface area (Å²) < 4.78 is 15.8. The maximum absolute atomic E-state index is 11.9. The maximum Gasteiger partial charge on any atom is 0.350 e. The fraction of sp³-hybridized carbons (Fsp3) is 0.389. The average molecular weight is 360 g/mol. The average Bonchev–Trinajstić information content (AvgIpc) is 3.01. The molecule has 7 heteroatoms. The van der Waals surface area contributed by atoms with Crippen molar-refractivity contribution in [2.45, 2.75) is 20.8 Å². The van der Waals surface area contributed by atoms with Crippen molar-refractivity contribution in [2.75, 3.05) is 26.4 Å². The summed E-state index contributed by atoms with van der Waals surface area (Å²) in [5.74, 6) is 0.130. The van der Waals surface area contributed by atoms with Crippen molar-refractivity contribution in [1.29, 1.82) is 5.26 Å². The Morgan fingerprint density at radius 2 is 2.08 bits per heavy atom. The summed E-state index contributed by atoms with van der Waals surface area (Å²) in [7, 11) is 0. The van der Waals surface area contributed by atoms with E-state index in [1.165, 1.54) is 11.3 Å². The van der Waals surface area contributed by atoms with E-state index in [2.05, 4.69) is 11.1 Å². The number of thiazole rings is 1. The number of ether oxygens (including phenoxy) is 3. The van der Waals surface area contributed by atoms with E-state index >= 15 is 0 Å². The van der Waals surface area contributed by atoms with E-state index < -0.39 is 0 Å². The van der Waals surface area contributed by atoms with Crippen LogP contribution >= 0.6 is 11.3 Å². The van der Waals surface area contributed by atoms with Gasteiger partial charge in [0.1, 0.15) is 28.3 Å². The molecule has 1 heterocycles. The molecule has 0 aliphatic heterocycles. The van der Waals surface area contributed by atoms with E-state index in [1.807, 2.05) is 13.0 Å². The SMILES string of the molecule is CCOCCOc1ccc(-c2nc(C)c(C(=O)OCC)s2)cc1C#N. The van der Waals surface area contributed by atoms with Crippen LogP contribution in [0.4, 0.5) is 0 Å². The second-order valence-corrected chi connectivity index (χ2v) is 6.02. The van der Waals surface area contributed by atoms with Gasteiger partial charge < -0.3 is 14.2 Å². The highest BCUT2D eigenvalue weighted by Gasteiger charge is 2.18. The van der Waals surface area contributed by atoms with E-state index in [0.29, 0.717) is 53.3 Å². The Morgan fingerprint density at radius 3 is 2.76 bits per heavy atom. The topological polar surface area (TPSA) is 81.4 Å². The van der Waals surface area contributed by atoms with Crippen LogP contribution in [0.25, 0.3) is 10.6 Å². The largest absolute Gasteiger partial charge is 0.490 e. The molecule has 2 aromatic rings. The van der Waals surface area contributed by atoms with Crippen LogP contribution < -0.4 is 4.74 Å². The first-order chi connectivity index (χ1) is 12.1. The van der Waals surface area contributed by atoms with Crippen molar-refractivity contribution in [3.8, 4) is 22.4 Å². The number of rotatable bonds is 8. The molecule has 0 radical (unpaired) electrons. The second kappa shape index (κ2) is 9.16. The summed E-state index contributed by atoms with van der Waals surface area (Å²) in [6.45, 7) is 7.23. The monoisotopic (exact) mass is 360 g/mol. The van der Waals surface area contributed by atoms with Crippen LogP contribution in [-0.2, 0) is 9.47 Å². The Balaban J connectivity index is 2.22. The van der Waals surface area contributed by atoms with Gasteiger partial charge in [0.15, 0.2) is 0 Å². The minimum Gasteiger partial charge on any atom is -0.490 e. The lowest BCUT2D eigenvalue weighted by Crippen LogP contribution is -2.07. The lowest BCUT2D eigenvalue weighted by Gasteiger charge is -2.08. The van der Waals surface area contributed by atoms with E-state index in [-0.39, 0.29) is 5.97 Å². The summed E-state index contributed by atoms with van der Waals surface area (Å²) in [4.78, 5) is 16.8. The zero-order chi connectivity index (χ0) is 18.2. The molecule has 0 atom stereocenters. The van der Waals surface area contributed by atoms with Gasteiger partial charge in [0.25, 0.3) is 0 Å². The molecule has 1 aromatic heterocycles. The fourth-order valence-corrected chi connectivity index (χ4v) is 3.09. The molecule has 0 unspecified atom stereocenters. The zero-order valence-electron chi connectivity index (χ0n) is 14.5. The van der Waals surface area contributed by atoms with Crippen molar-refractivity contribution in [1.82, 2.24) is 4.98 Å². The number of benzene rings is 1. The normalized spacial score (nSPS) is 10.3. The first-order valence-electron chi connectivity index (χ1n) is 8.00. The number of carbonyl (C=O) groups is 1. The fourth-order valence-electron chi connectivity index (χ4n) is 2.14. The van der Waals surface area contributed by atoms with Crippen molar-refractivity contribution in [3.05, 3.63) is 34.3 Å². The summed E-state index contributed by atoms with van der Waals surface area (Å²) in [5, 5.41) is 10.0. The van der Waals surface area contributed by atoms with Crippen LogP contribution in [0.3, 0.4) is 0 Å². The lowest BCUT2D eigenvalue weighted by molar-refractivity contribution is 0.0531. The van der Waals surface area contributed by atoms with Gasteiger partial charge in [-0.15, -0.1) is 11.3 Å². The zero-order valence-corrected chi connectivity index (χ0v) is 15.3. The Hall–Kier alpha value is -2.43. The van der Waals surface area contributed by atoms with Crippen LogP contribution in [0.5, 0.6) is 5.75 Å². The Kier molecular flexibility index (Phi) is 6.92. The summed E-state index contributed by atoms with van der Waals surface area (Å²) in [6.07, 6.45) is 0. The highest BCUT2D eigenvalue weighted by atomic mass is 32.1. The van der Waals surface area contributed by atoms with Gasteiger partial charge in [-0.2, -0.15) is 5.26 Å². The molecule has 0 aliphatic carbocycles. The predicted octanol–water partition coefficient (Wildman–Crippen LogP) is 3.58. The molecule has 0 aliphatic rings. The van der Waals surface area contributed by atoms with Crippen LogP contribution in [0.1, 0.15) is 34.8 Å². The van der Waals surface area contributed by atoms with E-state index in [0.717, 1.165) is 5.56 Å². The van der Waals surface area contributed by atoms with Crippen molar-refractivity contribution in [3.63, 3.8) is 0 Å². The van der Waals surface area contributed by atoms with Crippen molar-refractivity contribution in [2.24, 2.45) is 0 Å². The molecule has 0 spiro atoms. The first-order valence-corrected chi connectivity index (χ1v) is 8.81. The molecule has 0 fully saturated rings. The number of nitriles is 1. The molecular formula is C18H20N2O4S. The quantitative estimate of drug-likeness (QED) is 0.529. The summed E-state index contributed by atoms with van der Waals surface area (Å²) >= 11 is 1.25. The standard InChI is InChI=1S/C18H20N2O4S/c1-4-22-8-9-24-15-7-6-13(10-14(15)11-19)17-20-12(3)16(25-17)18(21)23-5-2/h6-7,10H,4-5,8-9H2,1-3H3. The Morgan fingerprint density at radius 1 is 1.28 bits per heavy atom. The number of aromatic nitrogens is 1. The van der Waals surface area contributed by atoms with Crippen LogP contribution in [0, 0.1) is 18.3 Å². The molecule has 132 valence electrons. The second-order valence-electron chi connectivity index (χ2n) is 5.02. The molecule has 6 nitrogen and oxygen atoms in total. The number of aryl methyl sites for hydroxylation is 1. The van der Waals surface area contributed by atoms with Gasteiger partial charge in [-0.25, -0.2) is 9.78 Å². The van der Waals surface area contributed by atoms with Crippen LogP contribution in [0.2, 0.25) is 0 Å². The van der Waals surface area contributed by atoms with Gasteiger partial charge in [0.2, 0.25) is 0 Å². The molecule has 0 saturated carbocycles. The molecular weight excluding hydrogens is 340 g/mol. The third-order valence-electron chi connectivity index (χ3n) is 3.29. The molecule has 0 amide bonds. The first kappa shape index (κ1) is 18.9. The lowest BCUT2D eigenvalue weighted by atomic mass is 10.1. The minimum atomic E-state index is -0.375. The third kappa shape index (κ3) is 4.78. The van der Waals surface area contributed by atoms with E-state index in [9.17, 15) is 10.1 Å². The maximum atomic E-state index is 11.9.